The highest BCUT2D eigenvalue weighted by atomic mass is 16.5. The van der Waals surface area contributed by atoms with Gasteiger partial charge in [-0.05, 0) is 36.1 Å². The number of nitrogens with one attached hydrogen (secondary N) is 1. The van der Waals surface area contributed by atoms with Gasteiger partial charge < -0.3 is 9.84 Å². The zero-order valence-corrected chi connectivity index (χ0v) is 11.6. The molecule has 0 saturated heterocycles. The molecule has 20 heavy (non-hydrogen) atoms. The quantitative estimate of drug-likeness (QED) is 0.887. The predicted octanol–water partition coefficient (Wildman–Crippen LogP) is 2.67. The van der Waals surface area contributed by atoms with E-state index >= 15 is 0 Å². The van der Waals surface area contributed by atoms with E-state index in [2.05, 4.69) is 5.32 Å². The van der Waals surface area contributed by atoms with E-state index in [1.54, 1.807) is 0 Å². The number of carbonyl (C=O) groups is 1. The summed E-state index contributed by atoms with van der Waals surface area (Å²) in [5, 5.41) is 12.8. The van der Waals surface area contributed by atoms with Crippen LogP contribution in [0.4, 0.5) is 0 Å². The summed E-state index contributed by atoms with van der Waals surface area (Å²) in [7, 11) is 0. The van der Waals surface area contributed by atoms with Crippen LogP contribution in [0, 0.1) is 0 Å². The summed E-state index contributed by atoms with van der Waals surface area (Å²) in [5.74, 6) is 0.102. The molecule has 0 radical (unpaired) electrons. The van der Waals surface area contributed by atoms with Gasteiger partial charge in [0.25, 0.3) is 0 Å². The lowest BCUT2D eigenvalue weighted by atomic mass is 9.93. The van der Waals surface area contributed by atoms with Crippen LogP contribution in [0.3, 0.4) is 0 Å². The van der Waals surface area contributed by atoms with E-state index in [1.165, 1.54) is 19.3 Å². The number of fused-ring (bicyclic) bond motifs is 1. The molecule has 4 nitrogen and oxygen atoms in total. The molecule has 4 heteroatoms. The third-order valence-corrected chi connectivity index (χ3v) is 4.30. The van der Waals surface area contributed by atoms with Crippen LogP contribution in [0.1, 0.15) is 49.3 Å². The lowest BCUT2D eigenvalue weighted by molar-refractivity contribution is -0.140. The second kappa shape index (κ2) is 5.83. The Morgan fingerprint density at radius 1 is 1.30 bits per heavy atom. The highest BCUT2D eigenvalue weighted by Crippen LogP contribution is 2.29. The molecular weight excluding hydrogens is 254 g/mol. The molecule has 1 saturated carbocycles. The van der Waals surface area contributed by atoms with Crippen LogP contribution in [0.25, 0.3) is 0 Å². The minimum Gasteiger partial charge on any atom is -0.493 e. The van der Waals surface area contributed by atoms with Gasteiger partial charge in [0, 0.05) is 12.5 Å². The average Bonchev–Trinajstić information content (AvgIpc) is 2.93. The van der Waals surface area contributed by atoms with Crippen molar-refractivity contribution >= 4 is 5.97 Å². The van der Waals surface area contributed by atoms with Crippen molar-refractivity contribution in [3.63, 3.8) is 0 Å². The fourth-order valence-corrected chi connectivity index (χ4v) is 3.20. The van der Waals surface area contributed by atoms with Gasteiger partial charge >= 0.3 is 5.97 Å². The largest absolute Gasteiger partial charge is 0.493 e. The maximum atomic E-state index is 11.6. The Morgan fingerprint density at radius 2 is 2.10 bits per heavy atom. The van der Waals surface area contributed by atoms with Gasteiger partial charge in [-0.1, -0.05) is 25.3 Å². The average molecular weight is 275 g/mol. The van der Waals surface area contributed by atoms with Crippen molar-refractivity contribution in [2.45, 2.75) is 50.6 Å². The lowest BCUT2D eigenvalue weighted by Gasteiger charge is -2.26. The Labute approximate surface area is 119 Å². The van der Waals surface area contributed by atoms with Crippen molar-refractivity contribution in [1.29, 1.82) is 0 Å². The minimum atomic E-state index is -0.797. The van der Waals surface area contributed by atoms with E-state index in [0.29, 0.717) is 12.6 Å². The zero-order valence-electron chi connectivity index (χ0n) is 11.6. The van der Waals surface area contributed by atoms with Gasteiger partial charge in [-0.15, -0.1) is 0 Å². The standard InChI is InChI=1S/C16H21NO3/c18-16(19)15(17-13-4-2-1-3-5-13)12-6-7-14-11(10-12)8-9-20-14/h6-7,10,13,15,17H,1-5,8-9H2,(H,18,19). The van der Waals surface area contributed by atoms with Crippen molar-refractivity contribution in [2.24, 2.45) is 0 Å². The highest BCUT2D eigenvalue weighted by Gasteiger charge is 2.25. The fourth-order valence-electron chi connectivity index (χ4n) is 3.20. The van der Waals surface area contributed by atoms with Crippen molar-refractivity contribution < 1.29 is 14.6 Å². The summed E-state index contributed by atoms with van der Waals surface area (Å²) in [5.41, 5.74) is 1.96. The van der Waals surface area contributed by atoms with Gasteiger partial charge in [0.1, 0.15) is 11.8 Å². The number of aliphatic carboxylic acids is 1. The predicted molar refractivity (Wildman–Crippen MR) is 76.0 cm³/mol. The molecule has 1 unspecified atom stereocenters. The fraction of sp³-hybridized carbons (Fsp3) is 0.562. The second-order valence-corrected chi connectivity index (χ2v) is 5.74. The molecule has 0 amide bonds. The first kappa shape index (κ1) is 13.4. The molecule has 0 bridgehead atoms. The van der Waals surface area contributed by atoms with Crippen molar-refractivity contribution in [2.75, 3.05) is 6.61 Å². The van der Waals surface area contributed by atoms with Gasteiger partial charge in [-0.25, -0.2) is 0 Å². The second-order valence-electron chi connectivity index (χ2n) is 5.74. The first-order chi connectivity index (χ1) is 9.74. The van der Waals surface area contributed by atoms with E-state index < -0.39 is 12.0 Å². The smallest absolute Gasteiger partial charge is 0.325 e. The minimum absolute atomic E-state index is 0.328. The number of rotatable bonds is 4. The Hall–Kier alpha value is -1.55. The molecule has 0 spiro atoms. The number of carboxylic acids is 1. The molecule has 1 fully saturated rings. The Balaban J connectivity index is 1.77. The van der Waals surface area contributed by atoms with Crippen LogP contribution < -0.4 is 10.1 Å². The molecule has 1 atom stereocenters. The van der Waals surface area contributed by atoms with Crippen LogP contribution in [-0.2, 0) is 11.2 Å². The zero-order chi connectivity index (χ0) is 13.9. The van der Waals surface area contributed by atoms with Gasteiger partial charge in [0.05, 0.1) is 6.61 Å². The Kier molecular flexibility index (Phi) is 3.92. The molecular formula is C16H21NO3. The van der Waals surface area contributed by atoms with Gasteiger partial charge in [-0.2, -0.15) is 0 Å². The SMILES string of the molecule is O=C(O)C(NC1CCCCC1)c1ccc2c(c1)CCO2. The molecule has 1 aliphatic carbocycles. The molecule has 1 aromatic carbocycles. The van der Waals surface area contributed by atoms with Gasteiger partial charge in [-0.3, -0.25) is 10.1 Å². The topological polar surface area (TPSA) is 58.6 Å². The van der Waals surface area contributed by atoms with Crippen molar-refractivity contribution in [3.8, 4) is 5.75 Å². The summed E-state index contributed by atoms with van der Waals surface area (Å²) in [6, 6.07) is 5.48. The first-order valence-electron chi connectivity index (χ1n) is 7.48. The maximum Gasteiger partial charge on any atom is 0.325 e. The number of hydrogen-bond acceptors (Lipinski definition) is 3. The molecule has 1 aromatic rings. The molecule has 3 rings (SSSR count). The highest BCUT2D eigenvalue weighted by molar-refractivity contribution is 5.75. The van der Waals surface area contributed by atoms with Crippen LogP contribution in [0.5, 0.6) is 5.75 Å². The van der Waals surface area contributed by atoms with Crippen LogP contribution >= 0.6 is 0 Å². The summed E-state index contributed by atoms with van der Waals surface area (Å²) in [6.45, 7) is 0.701. The van der Waals surface area contributed by atoms with E-state index in [9.17, 15) is 9.90 Å². The van der Waals surface area contributed by atoms with Gasteiger partial charge in [0.15, 0.2) is 0 Å². The Morgan fingerprint density at radius 3 is 2.85 bits per heavy atom. The molecule has 2 aliphatic rings. The molecule has 1 heterocycles. The first-order valence-corrected chi connectivity index (χ1v) is 7.48. The molecule has 1 aliphatic heterocycles. The summed E-state index contributed by atoms with van der Waals surface area (Å²) < 4.78 is 5.48. The van der Waals surface area contributed by atoms with Gasteiger partial charge in [0.2, 0.25) is 0 Å². The third-order valence-electron chi connectivity index (χ3n) is 4.30. The summed E-state index contributed by atoms with van der Waals surface area (Å²) in [4.78, 5) is 11.6. The third kappa shape index (κ3) is 2.80. The van der Waals surface area contributed by atoms with E-state index in [0.717, 1.165) is 36.1 Å². The van der Waals surface area contributed by atoms with E-state index in [1.807, 2.05) is 18.2 Å². The van der Waals surface area contributed by atoms with Crippen molar-refractivity contribution in [1.82, 2.24) is 5.32 Å². The number of hydrogen-bond donors (Lipinski definition) is 2. The summed E-state index contributed by atoms with van der Waals surface area (Å²) >= 11 is 0. The normalized spacial score (nSPS) is 20.2. The van der Waals surface area contributed by atoms with E-state index in [-0.39, 0.29) is 0 Å². The molecule has 2 N–H and O–H groups in total. The Bertz CT molecular complexity index is 494. The maximum absolute atomic E-state index is 11.6. The van der Waals surface area contributed by atoms with E-state index in [4.69, 9.17) is 4.74 Å². The molecule has 108 valence electrons. The number of ether oxygens (including phenoxy) is 1. The monoisotopic (exact) mass is 275 g/mol. The summed E-state index contributed by atoms with van der Waals surface area (Å²) in [6.07, 6.45) is 6.70. The number of benzene rings is 1. The number of carboxylic acid groups (broad SMARTS) is 1. The van der Waals surface area contributed by atoms with Crippen LogP contribution in [-0.4, -0.2) is 23.7 Å². The van der Waals surface area contributed by atoms with Crippen molar-refractivity contribution in [3.05, 3.63) is 29.3 Å². The lowest BCUT2D eigenvalue weighted by Crippen LogP contribution is -2.38. The molecule has 0 aromatic heterocycles. The van der Waals surface area contributed by atoms with Crippen LogP contribution in [0.2, 0.25) is 0 Å². The van der Waals surface area contributed by atoms with Crippen LogP contribution in [0.15, 0.2) is 18.2 Å².